The first-order chi connectivity index (χ1) is 3.13. The summed E-state index contributed by atoms with van der Waals surface area (Å²) in [6, 6.07) is 0. The Balaban J connectivity index is 0. The van der Waals surface area contributed by atoms with Crippen molar-refractivity contribution in [1.29, 1.82) is 0 Å². The summed E-state index contributed by atoms with van der Waals surface area (Å²) >= 11 is 0. The second kappa shape index (κ2) is 5.52. The van der Waals surface area contributed by atoms with Crippen LogP contribution in [-0.2, 0) is 26.5 Å². The van der Waals surface area contributed by atoms with Gasteiger partial charge in [-0.1, -0.05) is 13.8 Å². The van der Waals surface area contributed by atoms with Crippen molar-refractivity contribution in [3.8, 4) is 0 Å². The summed E-state index contributed by atoms with van der Waals surface area (Å²) in [5.41, 5.74) is 0. The van der Waals surface area contributed by atoms with Crippen molar-refractivity contribution in [3.63, 3.8) is 0 Å². The molecule has 46 valence electrons. The maximum absolute atomic E-state index is 10.3. The first-order valence-corrected chi connectivity index (χ1v) is 2.62. The summed E-state index contributed by atoms with van der Waals surface area (Å²) < 4.78 is 0. The van der Waals surface area contributed by atoms with Gasteiger partial charge in [0.05, 0.1) is 0 Å². The molecule has 0 spiro atoms. The standard InChI is InChI=1S/C6H12O.Ti/c1-5(2)4-6(3)7;/h5H,4H2,1-3H3;. The average molecular weight is 148 g/mol. The molecule has 0 unspecified atom stereocenters. The predicted molar refractivity (Wildman–Crippen MR) is 30.1 cm³/mol. The van der Waals surface area contributed by atoms with Crippen LogP contribution in [0.4, 0.5) is 0 Å². The van der Waals surface area contributed by atoms with Crippen LogP contribution in [0.2, 0.25) is 0 Å². The number of Topliss-reactive ketones (excluding diaryl/α,β-unsaturated/α-hetero) is 1. The van der Waals surface area contributed by atoms with E-state index >= 15 is 0 Å². The van der Waals surface area contributed by atoms with Crippen LogP contribution in [0.3, 0.4) is 0 Å². The van der Waals surface area contributed by atoms with Crippen LogP contribution in [-0.4, -0.2) is 5.78 Å². The van der Waals surface area contributed by atoms with Crippen molar-refractivity contribution in [2.75, 3.05) is 0 Å². The Hall–Kier alpha value is 0.384. The van der Waals surface area contributed by atoms with Crippen LogP contribution in [0.1, 0.15) is 27.2 Å². The summed E-state index contributed by atoms with van der Waals surface area (Å²) in [4.78, 5) is 10.3. The molecule has 0 fully saturated rings. The molecule has 0 atom stereocenters. The molecule has 0 aromatic carbocycles. The maximum Gasteiger partial charge on any atom is 0.130 e. The molecule has 0 saturated carbocycles. The molecular formula is C6H12OTi. The Labute approximate surface area is 65.7 Å². The van der Waals surface area contributed by atoms with E-state index in [1.165, 1.54) is 0 Å². The topological polar surface area (TPSA) is 17.1 Å². The summed E-state index contributed by atoms with van der Waals surface area (Å²) in [7, 11) is 0. The van der Waals surface area contributed by atoms with Gasteiger partial charge >= 0.3 is 0 Å². The zero-order valence-corrected chi connectivity index (χ0v) is 7.25. The fourth-order valence-corrected chi connectivity index (χ4v) is 0.575. The third-order valence-corrected chi connectivity index (χ3v) is 0.696. The summed E-state index contributed by atoms with van der Waals surface area (Å²) in [6.45, 7) is 5.71. The van der Waals surface area contributed by atoms with Crippen molar-refractivity contribution in [3.05, 3.63) is 0 Å². The van der Waals surface area contributed by atoms with Crippen LogP contribution in [0.25, 0.3) is 0 Å². The van der Waals surface area contributed by atoms with E-state index in [-0.39, 0.29) is 27.5 Å². The molecule has 0 aliphatic heterocycles. The molecule has 0 aromatic rings. The molecule has 0 aliphatic carbocycles. The first-order valence-electron chi connectivity index (χ1n) is 2.62. The molecule has 0 radical (unpaired) electrons. The number of carbonyl (C=O) groups is 1. The molecule has 1 nitrogen and oxygen atoms in total. The molecule has 0 rings (SSSR count). The van der Waals surface area contributed by atoms with Crippen molar-refractivity contribution in [2.24, 2.45) is 5.92 Å². The number of hydrogen-bond donors (Lipinski definition) is 0. The van der Waals surface area contributed by atoms with Crippen LogP contribution in [0.15, 0.2) is 0 Å². The fourth-order valence-electron chi connectivity index (χ4n) is 0.575. The van der Waals surface area contributed by atoms with Gasteiger partial charge in [-0.25, -0.2) is 0 Å². The van der Waals surface area contributed by atoms with Gasteiger partial charge in [-0.05, 0) is 12.8 Å². The Morgan fingerprint density at radius 2 is 1.88 bits per heavy atom. The van der Waals surface area contributed by atoms with Crippen LogP contribution >= 0.6 is 0 Å². The van der Waals surface area contributed by atoms with E-state index in [1.807, 2.05) is 13.8 Å². The summed E-state index contributed by atoms with van der Waals surface area (Å²) in [5, 5.41) is 0. The van der Waals surface area contributed by atoms with E-state index in [0.29, 0.717) is 5.92 Å². The molecule has 0 N–H and O–H groups in total. The molecule has 0 heterocycles. The van der Waals surface area contributed by atoms with Crippen molar-refractivity contribution in [2.45, 2.75) is 27.2 Å². The fraction of sp³-hybridized carbons (Fsp3) is 0.833. The van der Waals surface area contributed by atoms with Crippen molar-refractivity contribution < 1.29 is 26.5 Å². The van der Waals surface area contributed by atoms with Gasteiger partial charge in [0.15, 0.2) is 0 Å². The summed E-state index contributed by atoms with van der Waals surface area (Å²) in [6.07, 6.45) is 0.722. The first kappa shape index (κ1) is 11.2. The van der Waals surface area contributed by atoms with Crippen molar-refractivity contribution >= 4 is 5.78 Å². The second-order valence-electron chi connectivity index (χ2n) is 2.30. The van der Waals surface area contributed by atoms with Gasteiger partial charge in [0.25, 0.3) is 0 Å². The Bertz CT molecular complexity index is 68.9. The molecule has 8 heavy (non-hydrogen) atoms. The average Bonchev–Trinajstić information content (AvgIpc) is 1.27. The maximum atomic E-state index is 10.3. The zero-order valence-electron chi connectivity index (χ0n) is 5.69. The second-order valence-corrected chi connectivity index (χ2v) is 2.30. The minimum atomic E-state index is 0. The van der Waals surface area contributed by atoms with Gasteiger partial charge in [-0.15, -0.1) is 0 Å². The monoisotopic (exact) mass is 148 g/mol. The van der Waals surface area contributed by atoms with E-state index in [4.69, 9.17) is 0 Å². The molecule has 0 bridgehead atoms. The molecule has 0 aliphatic rings. The van der Waals surface area contributed by atoms with Gasteiger partial charge < -0.3 is 4.79 Å². The smallest absolute Gasteiger partial charge is 0.130 e. The SMILES string of the molecule is CC(=O)CC(C)C.[Ti]. The minimum absolute atomic E-state index is 0. The Morgan fingerprint density at radius 3 is 1.88 bits per heavy atom. The number of ketones is 1. The minimum Gasteiger partial charge on any atom is -0.300 e. The van der Waals surface area contributed by atoms with Gasteiger partial charge in [-0.3, -0.25) is 0 Å². The van der Waals surface area contributed by atoms with Crippen LogP contribution < -0.4 is 0 Å². The van der Waals surface area contributed by atoms with E-state index < -0.39 is 0 Å². The largest absolute Gasteiger partial charge is 0.300 e. The van der Waals surface area contributed by atoms with Gasteiger partial charge in [-0.2, -0.15) is 0 Å². The van der Waals surface area contributed by atoms with E-state index in [9.17, 15) is 4.79 Å². The molecule has 0 amide bonds. The Morgan fingerprint density at radius 1 is 1.50 bits per heavy atom. The molecular weight excluding hydrogens is 136 g/mol. The third-order valence-electron chi connectivity index (χ3n) is 0.696. The predicted octanol–water partition coefficient (Wildman–Crippen LogP) is 1.62. The molecule has 0 saturated heterocycles. The Kier molecular flexibility index (Phi) is 7.74. The van der Waals surface area contributed by atoms with E-state index in [1.54, 1.807) is 6.92 Å². The number of rotatable bonds is 2. The molecule has 0 aromatic heterocycles. The number of hydrogen-bond acceptors (Lipinski definition) is 1. The van der Waals surface area contributed by atoms with Crippen LogP contribution in [0, 0.1) is 5.92 Å². The summed E-state index contributed by atoms with van der Waals surface area (Å²) in [5.74, 6) is 0.813. The van der Waals surface area contributed by atoms with Crippen molar-refractivity contribution in [1.82, 2.24) is 0 Å². The van der Waals surface area contributed by atoms with Gasteiger partial charge in [0, 0.05) is 28.1 Å². The molecule has 2 heteroatoms. The van der Waals surface area contributed by atoms with E-state index in [0.717, 1.165) is 6.42 Å². The third kappa shape index (κ3) is 9.63. The van der Waals surface area contributed by atoms with Crippen LogP contribution in [0.5, 0.6) is 0 Å². The number of carbonyl (C=O) groups excluding carboxylic acids is 1. The zero-order chi connectivity index (χ0) is 5.86. The van der Waals surface area contributed by atoms with E-state index in [2.05, 4.69) is 0 Å². The van der Waals surface area contributed by atoms with Gasteiger partial charge in [0.2, 0.25) is 0 Å². The quantitative estimate of drug-likeness (QED) is 0.543. The normalized spacial score (nSPS) is 8.50. The van der Waals surface area contributed by atoms with Gasteiger partial charge in [0.1, 0.15) is 5.78 Å².